The fourth-order valence-electron chi connectivity index (χ4n) is 2.29. The van der Waals surface area contributed by atoms with Crippen molar-refractivity contribution >= 4 is 0 Å². The molecule has 0 spiro atoms. The molecule has 0 bridgehead atoms. The molecule has 18 heavy (non-hydrogen) atoms. The Hall–Kier alpha value is -0.480. The summed E-state index contributed by atoms with van der Waals surface area (Å²) in [5.41, 5.74) is -0.835. The number of terminal acetylenes is 1. The molecule has 1 nitrogen and oxygen atoms in total. The Morgan fingerprint density at radius 2 is 1.22 bits per heavy atom. The van der Waals surface area contributed by atoms with Crippen LogP contribution in [0.5, 0.6) is 0 Å². The molecule has 1 N–H and O–H groups in total. The third kappa shape index (κ3) is 9.54. The Morgan fingerprint density at radius 3 is 1.72 bits per heavy atom. The van der Waals surface area contributed by atoms with Crippen molar-refractivity contribution in [3.8, 4) is 12.3 Å². The number of hydrogen-bond donors (Lipinski definition) is 1. The summed E-state index contributed by atoms with van der Waals surface area (Å²) in [5.74, 6) is 2.59. The standard InChI is InChI=1S/C17H32O/c1-4-7-9-10-11-12-13-14-16-17(18,6-3)15-8-5-2/h3,18H,4-5,7-16H2,1-2H3. The van der Waals surface area contributed by atoms with E-state index in [2.05, 4.69) is 19.8 Å². The molecule has 0 aromatic heterocycles. The van der Waals surface area contributed by atoms with E-state index in [1.54, 1.807) is 0 Å². The van der Waals surface area contributed by atoms with Crippen LogP contribution in [0, 0.1) is 12.3 Å². The van der Waals surface area contributed by atoms with E-state index in [0.29, 0.717) is 0 Å². The second-order valence-electron chi connectivity index (χ2n) is 5.50. The minimum atomic E-state index is -0.835. The zero-order valence-electron chi connectivity index (χ0n) is 12.5. The molecule has 0 aliphatic heterocycles. The van der Waals surface area contributed by atoms with Crippen LogP contribution >= 0.6 is 0 Å². The average molecular weight is 252 g/mol. The number of hydrogen-bond acceptors (Lipinski definition) is 1. The summed E-state index contributed by atoms with van der Waals surface area (Å²) < 4.78 is 0. The average Bonchev–Trinajstić information content (AvgIpc) is 2.39. The topological polar surface area (TPSA) is 20.2 Å². The first kappa shape index (κ1) is 17.5. The third-order valence-electron chi connectivity index (χ3n) is 3.66. The maximum absolute atomic E-state index is 10.2. The molecule has 0 heterocycles. The van der Waals surface area contributed by atoms with Gasteiger partial charge in [-0.3, -0.25) is 0 Å². The molecule has 0 aliphatic rings. The maximum atomic E-state index is 10.2. The number of unbranched alkanes of at least 4 members (excludes halogenated alkanes) is 8. The predicted molar refractivity (Wildman–Crippen MR) is 80.5 cm³/mol. The number of aliphatic hydroxyl groups is 1. The van der Waals surface area contributed by atoms with Crippen LogP contribution in [0.2, 0.25) is 0 Å². The van der Waals surface area contributed by atoms with Crippen molar-refractivity contribution < 1.29 is 5.11 Å². The first-order valence-corrected chi connectivity index (χ1v) is 7.88. The Balaban J connectivity index is 3.48. The van der Waals surface area contributed by atoms with E-state index in [1.165, 1.54) is 44.9 Å². The second kappa shape index (κ2) is 11.6. The monoisotopic (exact) mass is 252 g/mol. The molecule has 106 valence electrons. The summed E-state index contributed by atoms with van der Waals surface area (Å²) in [4.78, 5) is 0. The molecule has 1 atom stereocenters. The highest BCUT2D eigenvalue weighted by atomic mass is 16.3. The molecule has 0 aliphatic carbocycles. The SMILES string of the molecule is C#CC(O)(CCCC)CCCCCCCCCC. The lowest BCUT2D eigenvalue weighted by Crippen LogP contribution is -2.26. The van der Waals surface area contributed by atoms with Crippen LogP contribution in [0.1, 0.15) is 90.9 Å². The molecule has 1 heteroatoms. The Bertz CT molecular complexity index is 216. The van der Waals surface area contributed by atoms with Crippen LogP contribution in [0.15, 0.2) is 0 Å². The van der Waals surface area contributed by atoms with Gasteiger partial charge >= 0.3 is 0 Å². The van der Waals surface area contributed by atoms with Crippen molar-refractivity contribution in [2.45, 2.75) is 96.5 Å². The van der Waals surface area contributed by atoms with Crippen molar-refractivity contribution in [2.75, 3.05) is 0 Å². The maximum Gasteiger partial charge on any atom is 0.125 e. The molecule has 0 aromatic carbocycles. The summed E-state index contributed by atoms with van der Waals surface area (Å²) in [6, 6.07) is 0. The van der Waals surface area contributed by atoms with Crippen LogP contribution < -0.4 is 0 Å². The van der Waals surface area contributed by atoms with Gasteiger partial charge in [0.2, 0.25) is 0 Å². The lowest BCUT2D eigenvalue weighted by atomic mass is 9.91. The van der Waals surface area contributed by atoms with Crippen LogP contribution in [0.4, 0.5) is 0 Å². The zero-order chi connectivity index (χ0) is 13.7. The lowest BCUT2D eigenvalue weighted by Gasteiger charge is -2.21. The van der Waals surface area contributed by atoms with Gasteiger partial charge in [0.1, 0.15) is 5.60 Å². The van der Waals surface area contributed by atoms with Crippen LogP contribution in [0.25, 0.3) is 0 Å². The van der Waals surface area contributed by atoms with E-state index >= 15 is 0 Å². The van der Waals surface area contributed by atoms with Crippen molar-refractivity contribution in [2.24, 2.45) is 0 Å². The van der Waals surface area contributed by atoms with Crippen molar-refractivity contribution in [3.63, 3.8) is 0 Å². The van der Waals surface area contributed by atoms with E-state index in [4.69, 9.17) is 6.42 Å². The first-order chi connectivity index (χ1) is 8.68. The highest BCUT2D eigenvalue weighted by molar-refractivity contribution is 5.06. The molecule has 0 rings (SSSR count). The Kier molecular flexibility index (Phi) is 11.3. The highest BCUT2D eigenvalue weighted by Gasteiger charge is 2.21. The largest absolute Gasteiger partial charge is 0.378 e. The molecule has 0 radical (unpaired) electrons. The van der Waals surface area contributed by atoms with Crippen LogP contribution in [-0.4, -0.2) is 10.7 Å². The summed E-state index contributed by atoms with van der Waals surface area (Å²) in [6.45, 7) is 4.38. The molecular formula is C17H32O. The third-order valence-corrected chi connectivity index (χ3v) is 3.66. The highest BCUT2D eigenvalue weighted by Crippen LogP contribution is 2.21. The van der Waals surface area contributed by atoms with E-state index in [9.17, 15) is 5.11 Å². The van der Waals surface area contributed by atoms with Gasteiger partial charge in [0, 0.05) is 0 Å². The first-order valence-electron chi connectivity index (χ1n) is 7.88. The quantitative estimate of drug-likeness (QED) is 0.380. The van der Waals surface area contributed by atoms with Gasteiger partial charge in [-0.1, -0.05) is 71.1 Å². The molecule has 0 saturated carbocycles. The number of rotatable bonds is 12. The van der Waals surface area contributed by atoms with Gasteiger partial charge in [0.25, 0.3) is 0 Å². The van der Waals surface area contributed by atoms with Gasteiger partial charge in [-0.15, -0.1) is 6.42 Å². The molecule has 0 saturated heterocycles. The molecule has 0 fully saturated rings. The fourth-order valence-corrected chi connectivity index (χ4v) is 2.29. The van der Waals surface area contributed by atoms with Crippen molar-refractivity contribution in [1.82, 2.24) is 0 Å². The van der Waals surface area contributed by atoms with Gasteiger partial charge in [0.05, 0.1) is 0 Å². The van der Waals surface area contributed by atoms with E-state index in [-0.39, 0.29) is 0 Å². The van der Waals surface area contributed by atoms with Gasteiger partial charge in [-0.2, -0.15) is 0 Å². The van der Waals surface area contributed by atoms with Crippen molar-refractivity contribution in [1.29, 1.82) is 0 Å². The normalized spacial score (nSPS) is 14.1. The molecule has 0 amide bonds. The summed E-state index contributed by atoms with van der Waals surface area (Å²) in [7, 11) is 0. The van der Waals surface area contributed by atoms with E-state index < -0.39 is 5.60 Å². The molecule has 0 aromatic rings. The van der Waals surface area contributed by atoms with Gasteiger partial charge in [-0.05, 0) is 25.7 Å². The van der Waals surface area contributed by atoms with Gasteiger partial charge < -0.3 is 5.11 Å². The zero-order valence-corrected chi connectivity index (χ0v) is 12.5. The lowest BCUT2D eigenvalue weighted by molar-refractivity contribution is 0.0769. The van der Waals surface area contributed by atoms with E-state index in [1.807, 2.05) is 0 Å². The minimum absolute atomic E-state index is 0.760. The van der Waals surface area contributed by atoms with E-state index in [0.717, 1.165) is 32.1 Å². The van der Waals surface area contributed by atoms with Gasteiger partial charge in [0.15, 0.2) is 0 Å². The van der Waals surface area contributed by atoms with Crippen molar-refractivity contribution in [3.05, 3.63) is 0 Å². The Morgan fingerprint density at radius 1 is 0.778 bits per heavy atom. The predicted octanol–water partition coefficient (Wildman–Crippen LogP) is 5.07. The second-order valence-corrected chi connectivity index (χ2v) is 5.50. The smallest absolute Gasteiger partial charge is 0.125 e. The van der Waals surface area contributed by atoms with Gasteiger partial charge in [-0.25, -0.2) is 0 Å². The fraction of sp³-hybridized carbons (Fsp3) is 0.882. The summed E-state index contributed by atoms with van der Waals surface area (Å²) in [5, 5.41) is 10.2. The van der Waals surface area contributed by atoms with Crippen LogP contribution in [0.3, 0.4) is 0 Å². The summed E-state index contributed by atoms with van der Waals surface area (Å²) >= 11 is 0. The minimum Gasteiger partial charge on any atom is -0.378 e. The summed E-state index contributed by atoms with van der Waals surface area (Å²) in [6.07, 6.45) is 19.4. The molecular weight excluding hydrogens is 220 g/mol. The molecule has 1 unspecified atom stereocenters. The van der Waals surface area contributed by atoms with Crippen LogP contribution in [-0.2, 0) is 0 Å². The Labute approximate surface area is 114 Å².